The Labute approximate surface area is 69.2 Å². The highest BCUT2D eigenvalue weighted by atomic mass is 15.3. The molecule has 0 radical (unpaired) electrons. The summed E-state index contributed by atoms with van der Waals surface area (Å²) < 4.78 is 1.67. The topological polar surface area (TPSA) is 69.1 Å². The first-order valence-corrected chi connectivity index (χ1v) is 3.63. The quantitative estimate of drug-likeness (QED) is 0.607. The van der Waals surface area contributed by atoms with Crippen LogP contribution in [0.1, 0.15) is 11.6 Å². The molecular weight excluding hydrogens is 154 g/mol. The van der Waals surface area contributed by atoms with E-state index in [0.29, 0.717) is 5.82 Å². The molecule has 0 atom stereocenters. The van der Waals surface area contributed by atoms with Gasteiger partial charge in [0.1, 0.15) is 17.5 Å². The number of nitrogens with two attached hydrogens (primary N) is 1. The molecule has 5 nitrogen and oxygen atoms in total. The molecule has 5 heteroatoms. The minimum absolute atomic E-state index is 0.479. The van der Waals surface area contributed by atoms with E-state index in [1.807, 2.05) is 13.8 Å². The third-order valence-corrected chi connectivity index (χ3v) is 1.61. The number of aryl methyl sites for hydroxylation is 2. The van der Waals surface area contributed by atoms with E-state index >= 15 is 0 Å². The predicted molar refractivity (Wildman–Crippen MR) is 44.7 cm³/mol. The molecule has 0 spiro atoms. The summed E-state index contributed by atoms with van der Waals surface area (Å²) in [5.41, 5.74) is 6.29. The van der Waals surface area contributed by atoms with E-state index in [-0.39, 0.29) is 0 Å². The molecule has 0 aliphatic carbocycles. The van der Waals surface area contributed by atoms with Gasteiger partial charge in [-0.2, -0.15) is 4.52 Å². The molecule has 0 amide bonds. The van der Waals surface area contributed by atoms with Crippen LogP contribution in [0.2, 0.25) is 0 Å². The van der Waals surface area contributed by atoms with Gasteiger partial charge in [-0.1, -0.05) is 0 Å². The summed E-state index contributed by atoms with van der Waals surface area (Å²) in [5, 5.41) is 4.14. The van der Waals surface area contributed by atoms with E-state index in [0.717, 1.165) is 17.3 Å². The summed E-state index contributed by atoms with van der Waals surface area (Å²) in [6.45, 7) is 3.68. The fourth-order valence-corrected chi connectivity index (χ4v) is 1.16. The van der Waals surface area contributed by atoms with Crippen LogP contribution < -0.4 is 5.73 Å². The molecule has 0 unspecified atom stereocenters. The van der Waals surface area contributed by atoms with Crippen molar-refractivity contribution < 1.29 is 0 Å². The maximum Gasteiger partial charge on any atom is 0.161 e. The molecule has 0 aliphatic heterocycles. The highest BCUT2D eigenvalue weighted by molar-refractivity contribution is 5.47. The maximum atomic E-state index is 5.54. The minimum Gasteiger partial charge on any atom is -0.384 e. The Balaban J connectivity index is 2.88. The van der Waals surface area contributed by atoms with Gasteiger partial charge in [0.05, 0.1) is 0 Å². The van der Waals surface area contributed by atoms with E-state index < -0.39 is 0 Å². The molecule has 2 aromatic rings. The Kier molecular flexibility index (Phi) is 1.27. The van der Waals surface area contributed by atoms with Crippen LogP contribution in [-0.4, -0.2) is 19.6 Å². The lowest BCUT2D eigenvalue weighted by Gasteiger charge is -1.97. The minimum atomic E-state index is 0.479. The van der Waals surface area contributed by atoms with Gasteiger partial charge < -0.3 is 5.73 Å². The van der Waals surface area contributed by atoms with Gasteiger partial charge in [-0.25, -0.2) is 9.97 Å². The summed E-state index contributed by atoms with van der Waals surface area (Å²) in [6.07, 6.45) is 0. The third kappa shape index (κ3) is 0.903. The second-order valence-electron chi connectivity index (χ2n) is 2.66. The molecule has 0 saturated heterocycles. The second-order valence-corrected chi connectivity index (χ2v) is 2.66. The third-order valence-electron chi connectivity index (χ3n) is 1.61. The number of fused-ring (bicyclic) bond motifs is 1. The van der Waals surface area contributed by atoms with Crippen molar-refractivity contribution in [3.05, 3.63) is 17.7 Å². The maximum absolute atomic E-state index is 5.54. The van der Waals surface area contributed by atoms with E-state index in [9.17, 15) is 0 Å². The van der Waals surface area contributed by atoms with Crippen molar-refractivity contribution in [2.24, 2.45) is 0 Å². The van der Waals surface area contributed by atoms with Crippen LogP contribution in [0.3, 0.4) is 0 Å². The van der Waals surface area contributed by atoms with Gasteiger partial charge in [-0.3, -0.25) is 0 Å². The highest BCUT2D eigenvalue weighted by Crippen LogP contribution is 2.06. The Morgan fingerprint density at radius 1 is 1.33 bits per heavy atom. The lowest BCUT2D eigenvalue weighted by molar-refractivity contribution is 0.851. The van der Waals surface area contributed by atoms with Gasteiger partial charge in [0.25, 0.3) is 0 Å². The van der Waals surface area contributed by atoms with Crippen molar-refractivity contribution in [1.82, 2.24) is 19.6 Å². The van der Waals surface area contributed by atoms with E-state index in [2.05, 4.69) is 15.1 Å². The highest BCUT2D eigenvalue weighted by Gasteiger charge is 2.03. The average molecular weight is 163 g/mol. The van der Waals surface area contributed by atoms with E-state index in [4.69, 9.17) is 5.73 Å². The zero-order valence-corrected chi connectivity index (χ0v) is 6.94. The second kappa shape index (κ2) is 2.17. The Hall–Kier alpha value is -1.65. The molecule has 2 N–H and O–H groups in total. The molecule has 0 aliphatic rings. The van der Waals surface area contributed by atoms with Crippen molar-refractivity contribution in [2.45, 2.75) is 13.8 Å². The van der Waals surface area contributed by atoms with Crippen LogP contribution in [0, 0.1) is 13.8 Å². The molecule has 0 aromatic carbocycles. The normalized spacial score (nSPS) is 10.8. The number of nitrogens with zero attached hydrogens (tertiary/aromatic N) is 4. The van der Waals surface area contributed by atoms with Gasteiger partial charge in [0.15, 0.2) is 5.65 Å². The lowest BCUT2D eigenvalue weighted by Crippen LogP contribution is -2.00. The summed E-state index contributed by atoms with van der Waals surface area (Å²) in [4.78, 5) is 8.22. The monoisotopic (exact) mass is 163 g/mol. The Bertz CT molecular complexity index is 431. The zero-order chi connectivity index (χ0) is 8.72. The molecule has 0 saturated carbocycles. The number of hydrogen-bond acceptors (Lipinski definition) is 4. The summed E-state index contributed by atoms with van der Waals surface area (Å²) in [5.74, 6) is 1.96. The van der Waals surface area contributed by atoms with Crippen molar-refractivity contribution in [2.75, 3.05) is 5.73 Å². The molecule has 12 heavy (non-hydrogen) atoms. The molecule has 0 bridgehead atoms. The van der Waals surface area contributed by atoms with E-state index in [1.165, 1.54) is 0 Å². The van der Waals surface area contributed by atoms with Crippen molar-refractivity contribution in [1.29, 1.82) is 0 Å². The first kappa shape index (κ1) is 7.02. The van der Waals surface area contributed by atoms with Crippen LogP contribution in [0.25, 0.3) is 5.65 Å². The van der Waals surface area contributed by atoms with Crippen LogP contribution in [0.5, 0.6) is 0 Å². The Morgan fingerprint density at radius 3 is 2.83 bits per heavy atom. The summed E-state index contributed by atoms with van der Waals surface area (Å²) >= 11 is 0. The lowest BCUT2D eigenvalue weighted by atomic mass is 10.5. The smallest absolute Gasteiger partial charge is 0.161 e. The zero-order valence-electron chi connectivity index (χ0n) is 6.94. The van der Waals surface area contributed by atoms with Crippen molar-refractivity contribution >= 4 is 11.5 Å². The largest absolute Gasteiger partial charge is 0.384 e. The van der Waals surface area contributed by atoms with Gasteiger partial charge in [-0.15, -0.1) is 5.10 Å². The number of anilines is 1. The predicted octanol–water partition coefficient (Wildman–Crippen LogP) is 0.323. The first-order chi connectivity index (χ1) is 5.66. The van der Waals surface area contributed by atoms with Gasteiger partial charge in [0, 0.05) is 6.07 Å². The number of hydrogen-bond donors (Lipinski definition) is 1. The number of nitrogen functional groups attached to an aromatic ring is 1. The van der Waals surface area contributed by atoms with Crippen LogP contribution in [0.15, 0.2) is 6.07 Å². The fraction of sp³-hybridized carbons (Fsp3) is 0.286. The molecule has 2 aromatic heterocycles. The number of aromatic nitrogens is 4. The summed E-state index contributed by atoms with van der Waals surface area (Å²) in [6, 6.07) is 1.70. The SMILES string of the molecule is Cc1nc2cc(N)nc(C)n2n1. The average Bonchev–Trinajstić information content (AvgIpc) is 2.29. The Morgan fingerprint density at radius 2 is 2.08 bits per heavy atom. The van der Waals surface area contributed by atoms with E-state index in [1.54, 1.807) is 10.6 Å². The van der Waals surface area contributed by atoms with Crippen LogP contribution >= 0.6 is 0 Å². The van der Waals surface area contributed by atoms with Gasteiger partial charge in [-0.05, 0) is 13.8 Å². The summed E-state index contributed by atoms with van der Waals surface area (Å²) in [7, 11) is 0. The van der Waals surface area contributed by atoms with Crippen LogP contribution in [0.4, 0.5) is 5.82 Å². The molecule has 0 fully saturated rings. The van der Waals surface area contributed by atoms with Crippen molar-refractivity contribution in [3.63, 3.8) is 0 Å². The van der Waals surface area contributed by atoms with Gasteiger partial charge >= 0.3 is 0 Å². The number of rotatable bonds is 0. The molecule has 2 rings (SSSR count). The standard InChI is InChI=1S/C7H9N5/c1-4-9-7-3-6(8)10-5(2)12(7)11-4/h3H,8H2,1-2H3. The van der Waals surface area contributed by atoms with Crippen molar-refractivity contribution in [3.8, 4) is 0 Å². The molecule has 62 valence electrons. The molecular formula is C7H9N5. The fourth-order valence-electron chi connectivity index (χ4n) is 1.16. The van der Waals surface area contributed by atoms with Gasteiger partial charge in [0.2, 0.25) is 0 Å². The van der Waals surface area contributed by atoms with Crippen LogP contribution in [-0.2, 0) is 0 Å². The molecule has 2 heterocycles. The first-order valence-electron chi connectivity index (χ1n) is 3.63.